The van der Waals surface area contributed by atoms with Gasteiger partial charge in [0.2, 0.25) is 0 Å². The maximum absolute atomic E-state index is 11.8. The predicted octanol–water partition coefficient (Wildman–Crippen LogP) is 2.19. The Kier molecular flexibility index (Phi) is 4.72. The minimum Gasteiger partial charge on any atom is -0.383 e. The lowest BCUT2D eigenvalue weighted by atomic mass is 10.2. The Labute approximate surface area is 106 Å². The molecule has 0 spiro atoms. The fraction of sp³-hybridized carbons (Fsp3) is 0.455. The summed E-state index contributed by atoms with van der Waals surface area (Å²) in [5, 5.41) is 4.52. The van der Waals surface area contributed by atoms with Gasteiger partial charge in [-0.3, -0.25) is 9.63 Å². The summed E-state index contributed by atoms with van der Waals surface area (Å²) in [6.45, 7) is 3.99. The molecule has 1 rings (SSSR count). The number of rotatable bonds is 4. The van der Waals surface area contributed by atoms with E-state index in [9.17, 15) is 4.79 Å². The maximum Gasteiger partial charge on any atom is 0.295 e. The van der Waals surface area contributed by atoms with Crippen molar-refractivity contribution in [1.82, 2.24) is 10.0 Å². The molecular weight excluding hydrogens is 242 g/mol. The number of amides is 1. The van der Waals surface area contributed by atoms with E-state index in [-0.39, 0.29) is 22.8 Å². The van der Waals surface area contributed by atoms with Crippen LogP contribution in [0.3, 0.4) is 0 Å². The first-order chi connectivity index (χ1) is 7.93. The number of carbonyl (C=O) groups is 1. The highest BCUT2D eigenvalue weighted by molar-refractivity contribution is 6.29. The van der Waals surface area contributed by atoms with Crippen LogP contribution in [0.5, 0.6) is 0 Å². The number of hydrogen-bond acceptors (Lipinski definition) is 4. The van der Waals surface area contributed by atoms with Crippen LogP contribution in [0.25, 0.3) is 0 Å². The third-order valence-electron chi connectivity index (χ3n) is 2.03. The van der Waals surface area contributed by atoms with Gasteiger partial charge in [-0.05, 0) is 26.0 Å². The highest BCUT2D eigenvalue weighted by Crippen LogP contribution is 2.17. The topological polar surface area (TPSA) is 54.5 Å². The van der Waals surface area contributed by atoms with Gasteiger partial charge in [0.1, 0.15) is 10.8 Å². The molecule has 17 heavy (non-hydrogen) atoms. The van der Waals surface area contributed by atoms with Crippen molar-refractivity contribution < 1.29 is 9.63 Å². The highest BCUT2D eigenvalue weighted by atomic mass is 35.5. The fourth-order valence-electron chi connectivity index (χ4n) is 1.27. The molecule has 0 bridgehead atoms. The van der Waals surface area contributed by atoms with Crippen molar-refractivity contribution >= 4 is 23.2 Å². The molecule has 0 radical (unpaired) electrons. The molecule has 0 saturated heterocycles. The first kappa shape index (κ1) is 13.7. The van der Waals surface area contributed by atoms with E-state index in [1.54, 1.807) is 12.1 Å². The van der Waals surface area contributed by atoms with E-state index in [4.69, 9.17) is 16.4 Å². The zero-order valence-electron chi connectivity index (χ0n) is 10.3. The van der Waals surface area contributed by atoms with Gasteiger partial charge in [0, 0.05) is 18.8 Å². The second-order valence-electron chi connectivity index (χ2n) is 3.85. The Morgan fingerprint density at radius 2 is 2.18 bits per heavy atom. The molecule has 0 aliphatic carbocycles. The summed E-state index contributed by atoms with van der Waals surface area (Å²) >= 11 is 5.86. The summed E-state index contributed by atoms with van der Waals surface area (Å²) in [4.78, 5) is 20.6. The Balaban J connectivity index is 3.00. The summed E-state index contributed by atoms with van der Waals surface area (Å²) in [6, 6.07) is 3.56. The molecule has 6 heteroatoms. The Hall–Kier alpha value is -1.33. The zero-order chi connectivity index (χ0) is 13.0. The minimum atomic E-state index is -0.346. The van der Waals surface area contributed by atoms with Crippen LogP contribution in [-0.2, 0) is 4.84 Å². The van der Waals surface area contributed by atoms with Crippen LogP contribution in [0.2, 0.25) is 5.15 Å². The molecule has 0 atom stereocenters. The van der Waals surface area contributed by atoms with E-state index in [2.05, 4.69) is 10.3 Å². The number of pyridine rings is 1. The SMILES string of the molecule is CON(C)C(=O)c1cc(NC(C)C)cc(Cl)n1. The first-order valence-electron chi connectivity index (χ1n) is 5.20. The number of carbonyl (C=O) groups excluding carboxylic acids is 1. The molecule has 0 fully saturated rings. The van der Waals surface area contributed by atoms with Crippen LogP contribution in [-0.4, -0.2) is 36.2 Å². The number of hydrogen-bond donors (Lipinski definition) is 1. The van der Waals surface area contributed by atoms with Crippen molar-refractivity contribution in [2.45, 2.75) is 19.9 Å². The number of hydroxylamine groups is 2. The highest BCUT2D eigenvalue weighted by Gasteiger charge is 2.14. The average Bonchev–Trinajstić information content (AvgIpc) is 2.25. The van der Waals surface area contributed by atoms with E-state index in [1.165, 1.54) is 14.2 Å². The second kappa shape index (κ2) is 5.84. The molecule has 5 nitrogen and oxygen atoms in total. The van der Waals surface area contributed by atoms with Crippen LogP contribution in [0.15, 0.2) is 12.1 Å². The number of halogens is 1. The average molecular weight is 258 g/mol. The van der Waals surface area contributed by atoms with Crippen LogP contribution in [0.1, 0.15) is 24.3 Å². The molecule has 0 aliphatic rings. The molecule has 0 saturated carbocycles. The van der Waals surface area contributed by atoms with Crippen LogP contribution in [0, 0.1) is 0 Å². The molecule has 1 aromatic heterocycles. The standard InChI is InChI=1S/C11H16ClN3O2/c1-7(2)13-8-5-9(14-10(12)6-8)11(16)15(3)17-4/h5-7H,1-4H3,(H,13,14). The second-order valence-corrected chi connectivity index (χ2v) is 4.24. The molecule has 1 amide bonds. The summed E-state index contributed by atoms with van der Waals surface area (Å²) in [6.07, 6.45) is 0. The van der Waals surface area contributed by atoms with Crippen molar-refractivity contribution in [2.75, 3.05) is 19.5 Å². The third kappa shape index (κ3) is 3.87. The van der Waals surface area contributed by atoms with Gasteiger partial charge in [0.05, 0.1) is 7.11 Å². The normalized spacial score (nSPS) is 10.5. The Morgan fingerprint density at radius 1 is 1.53 bits per heavy atom. The van der Waals surface area contributed by atoms with Gasteiger partial charge in [-0.25, -0.2) is 10.0 Å². The smallest absolute Gasteiger partial charge is 0.295 e. The predicted molar refractivity (Wildman–Crippen MR) is 67.1 cm³/mol. The molecule has 1 N–H and O–H groups in total. The first-order valence-corrected chi connectivity index (χ1v) is 5.58. The lowest BCUT2D eigenvalue weighted by Crippen LogP contribution is -2.26. The molecule has 0 unspecified atom stereocenters. The zero-order valence-corrected chi connectivity index (χ0v) is 11.1. The van der Waals surface area contributed by atoms with Crippen molar-refractivity contribution in [2.24, 2.45) is 0 Å². The van der Waals surface area contributed by atoms with E-state index in [1.807, 2.05) is 13.8 Å². The van der Waals surface area contributed by atoms with Gasteiger partial charge in [-0.15, -0.1) is 0 Å². The summed E-state index contributed by atoms with van der Waals surface area (Å²) in [7, 11) is 2.93. The number of nitrogens with zero attached hydrogens (tertiary/aromatic N) is 2. The van der Waals surface area contributed by atoms with Crippen molar-refractivity contribution in [3.05, 3.63) is 23.0 Å². The third-order valence-corrected chi connectivity index (χ3v) is 2.22. The quantitative estimate of drug-likeness (QED) is 0.664. The monoisotopic (exact) mass is 257 g/mol. The molecular formula is C11H16ClN3O2. The van der Waals surface area contributed by atoms with E-state index < -0.39 is 0 Å². The summed E-state index contributed by atoms with van der Waals surface area (Å²) < 4.78 is 0. The van der Waals surface area contributed by atoms with Gasteiger partial charge in [0.25, 0.3) is 5.91 Å². The van der Waals surface area contributed by atoms with Crippen LogP contribution < -0.4 is 5.32 Å². The minimum absolute atomic E-state index is 0.241. The van der Waals surface area contributed by atoms with Crippen LogP contribution in [0.4, 0.5) is 5.69 Å². The Bertz CT molecular complexity index is 410. The molecule has 94 valence electrons. The number of nitrogens with one attached hydrogen (secondary N) is 1. The molecule has 0 aliphatic heterocycles. The van der Waals surface area contributed by atoms with E-state index >= 15 is 0 Å². The van der Waals surface area contributed by atoms with E-state index in [0.717, 1.165) is 10.8 Å². The van der Waals surface area contributed by atoms with Gasteiger partial charge < -0.3 is 5.32 Å². The maximum atomic E-state index is 11.8. The van der Waals surface area contributed by atoms with Gasteiger partial charge in [0.15, 0.2) is 0 Å². The molecule has 1 aromatic rings. The summed E-state index contributed by atoms with van der Waals surface area (Å²) in [5.74, 6) is -0.346. The van der Waals surface area contributed by atoms with Crippen molar-refractivity contribution in [3.8, 4) is 0 Å². The van der Waals surface area contributed by atoms with E-state index in [0.29, 0.717) is 0 Å². The number of aromatic nitrogens is 1. The van der Waals surface area contributed by atoms with Crippen molar-refractivity contribution in [3.63, 3.8) is 0 Å². The largest absolute Gasteiger partial charge is 0.383 e. The lowest BCUT2D eigenvalue weighted by molar-refractivity contribution is -0.0760. The van der Waals surface area contributed by atoms with Gasteiger partial charge >= 0.3 is 0 Å². The van der Waals surface area contributed by atoms with Gasteiger partial charge in [-0.2, -0.15) is 0 Å². The van der Waals surface area contributed by atoms with Crippen molar-refractivity contribution in [1.29, 1.82) is 0 Å². The summed E-state index contributed by atoms with van der Waals surface area (Å²) in [5.41, 5.74) is 0.998. The molecule has 0 aromatic carbocycles. The van der Waals surface area contributed by atoms with Crippen LogP contribution >= 0.6 is 11.6 Å². The fourth-order valence-corrected chi connectivity index (χ4v) is 1.48. The molecule has 1 heterocycles. The number of anilines is 1. The lowest BCUT2D eigenvalue weighted by Gasteiger charge is -2.15. The Morgan fingerprint density at radius 3 is 2.71 bits per heavy atom. The van der Waals surface area contributed by atoms with Gasteiger partial charge in [-0.1, -0.05) is 11.6 Å².